The Morgan fingerprint density at radius 2 is 1.92 bits per heavy atom. The summed E-state index contributed by atoms with van der Waals surface area (Å²) in [7, 11) is 1.62. The number of nitrogens with zero attached hydrogens (tertiary/aromatic N) is 1. The Balaban J connectivity index is 2.00. The number of methoxy groups -OCH3 is 1. The maximum Gasteiger partial charge on any atom is 0.294 e. The molecule has 2 aromatic carbocycles. The molecule has 0 aliphatic carbocycles. The first-order valence-corrected chi connectivity index (χ1v) is 8.23. The van der Waals surface area contributed by atoms with Crippen LogP contribution in [-0.4, -0.2) is 19.6 Å². The first-order chi connectivity index (χ1) is 12.0. The van der Waals surface area contributed by atoms with Gasteiger partial charge in [0.05, 0.1) is 12.8 Å². The molecule has 25 heavy (non-hydrogen) atoms. The number of hydrogen-bond acceptors (Lipinski definition) is 4. The van der Waals surface area contributed by atoms with Gasteiger partial charge in [-0.25, -0.2) is 0 Å². The fourth-order valence-electron chi connectivity index (χ4n) is 2.73. The number of fused-ring (bicyclic) bond motifs is 1. The average molecular weight is 338 g/mol. The molecule has 0 atom stereocenters. The predicted octanol–water partition coefficient (Wildman–Crippen LogP) is 3.70. The minimum absolute atomic E-state index is 0.151. The lowest BCUT2D eigenvalue weighted by Crippen LogP contribution is -2.39. The van der Waals surface area contributed by atoms with E-state index in [-0.39, 0.29) is 11.7 Å². The minimum Gasteiger partial charge on any atom is -0.497 e. The second kappa shape index (κ2) is 6.89. The maximum absolute atomic E-state index is 12.9. The Kier molecular flexibility index (Phi) is 4.65. The van der Waals surface area contributed by atoms with Gasteiger partial charge in [0.15, 0.2) is 11.5 Å². The fraction of sp³-hybridized carbons (Fsp3) is 0.250. The van der Waals surface area contributed by atoms with E-state index in [1.54, 1.807) is 30.2 Å². The van der Waals surface area contributed by atoms with Crippen LogP contribution in [0.15, 0.2) is 48.2 Å². The van der Waals surface area contributed by atoms with Crippen LogP contribution in [0.4, 0.5) is 11.4 Å². The Labute approximate surface area is 147 Å². The first-order valence-electron chi connectivity index (χ1n) is 8.23. The minimum atomic E-state index is -0.151. The molecule has 1 aliphatic heterocycles. The lowest BCUT2D eigenvalue weighted by atomic mass is 10.1. The molecule has 0 bridgehead atoms. The summed E-state index contributed by atoms with van der Waals surface area (Å²) in [6, 6.07) is 12.8. The van der Waals surface area contributed by atoms with Crippen molar-refractivity contribution < 1.29 is 14.3 Å². The fourth-order valence-corrected chi connectivity index (χ4v) is 2.73. The zero-order valence-corrected chi connectivity index (χ0v) is 14.7. The van der Waals surface area contributed by atoms with Gasteiger partial charge in [0.1, 0.15) is 5.75 Å². The van der Waals surface area contributed by atoms with Crippen molar-refractivity contribution >= 4 is 23.4 Å². The van der Waals surface area contributed by atoms with Gasteiger partial charge in [-0.3, -0.25) is 4.79 Å². The zero-order valence-electron chi connectivity index (χ0n) is 14.7. The molecule has 1 aliphatic rings. The number of nitrogens with two attached hydrogens (primary N) is 1. The molecule has 5 heteroatoms. The molecular weight excluding hydrogens is 316 g/mol. The maximum atomic E-state index is 12.9. The topological polar surface area (TPSA) is 64.8 Å². The molecule has 5 nitrogen and oxygen atoms in total. The quantitative estimate of drug-likeness (QED) is 0.682. The number of rotatable bonds is 4. The van der Waals surface area contributed by atoms with Crippen LogP contribution in [0.5, 0.6) is 11.5 Å². The third-order valence-corrected chi connectivity index (χ3v) is 3.91. The van der Waals surface area contributed by atoms with Crippen LogP contribution in [0.25, 0.3) is 6.08 Å². The molecule has 130 valence electrons. The molecule has 1 heterocycles. The van der Waals surface area contributed by atoms with E-state index in [1.807, 2.05) is 30.3 Å². The highest BCUT2D eigenvalue weighted by atomic mass is 16.5. The van der Waals surface area contributed by atoms with E-state index in [0.29, 0.717) is 23.9 Å². The van der Waals surface area contributed by atoms with Crippen molar-refractivity contribution in [2.75, 3.05) is 24.3 Å². The molecule has 0 fully saturated rings. The van der Waals surface area contributed by atoms with Crippen LogP contribution in [-0.2, 0) is 4.79 Å². The molecule has 0 unspecified atom stereocenters. The lowest BCUT2D eigenvalue weighted by molar-refractivity contribution is -0.117. The van der Waals surface area contributed by atoms with Crippen LogP contribution in [0, 0.1) is 5.92 Å². The highest BCUT2D eigenvalue weighted by Crippen LogP contribution is 2.37. The van der Waals surface area contributed by atoms with Crippen molar-refractivity contribution in [2.45, 2.75) is 13.8 Å². The van der Waals surface area contributed by atoms with Gasteiger partial charge in [0, 0.05) is 18.3 Å². The SMILES string of the molecule is COc1ccc(/C=C2/Oc3cc(N)ccc3N(CC(C)C)C2=O)cc1. The molecule has 0 aromatic heterocycles. The number of hydrogen-bond donors (Lipinski definition) is 1. The summed E-state index contributed by atoms with van der Waals surface area (Å²) in [6.07, 6.45) is 1.74. The Bertz CT molecular complexity index is 810. The molecule has 3 rings (SSSR count). The predicted molar refractivity (Wildman–Crippen MR) is 99.6 cm³/mol. The third kappa shape index (κ3) is 3.60. The van der Waals surface area contributed by atoms with Crippen LogP contribution in [0.3, 0.4) is 0 Å². The van der Waals surface area contributed by atoms with Crippen LogP contribution < -0.4 is 20.1 Å². The Hall–Kier alpha value is -2.95. The van der Waals surface area contributed by atoms with Gasteiger partial charge in [-0.15, -0.1) is 0 Å². The highest BCUT2D eigenvalue weighted by molar-refractivity contribution is 6.10. The van der Waals surface area contributed by atoms with Crippen molar-refractivity contribution in [2.24, 2.45) is 5.92 Å². The van der Waals surface area contributed by atoms with Crippen molar-refractivity contribution in [3.63, 3.8) is 0 Å². The zero-order chi connectivity index (χ0) is 18.0. The number of anilines is 2. The number of amides is 1. The standard InChI is InChI=1S/C20H22N2O3/c1-13(2)12-22-17-9-6-15(21)11-18(17)25-19(20(22)23)10-14-4-7-16(24-3)8-5-14/h4-11,13H,12,21H2,1-3H3/b19-10+. The van der Waals surface area contributed by atoms with Crippen LogP contribution in [0.2, 0.25) is 0 Å². The van der Waals surface area contributed by atoms with Crippen molar-refractivity contribution in [1.82, 2.24) is 0 Å². The number of ether oxygens (including phenoxy) is 2. The van der Waals surface area contributed by atoms with Gasteiger partial charge in [-0.1, -0.05) is 26.0 Å². The van der Waals surface area contributed by atoms with Crippen molar-refractivity contribution in [3.8, 4) is 11.5 Å². The van der Waals surface area contributed by atoms with Gasteiger partial charge in [0.2, 0.25) is 0 Å². The van der Waals surface area contributed by atoms with Gasteiger partial charge in [-0.2, -0.15) is 0 Å². The van der Waals surface area contributed by atoms with E-state index in [1.165, 1.54) is 0 Å². The number of carbonyl (C=O) groups is 1. The summed E-state index contributed by atoms with van der Waals surface area (Å²) >= 11 is 0. The molecule has 2 aromatic rings. The molecule has 2 N–H and O–H groups in total. The molecule has 0 radical (unpaired) electrons. The van der Waals surface area contributed by atoms with Gasteiger partial charge in [0.25, 0.3) is 5.91 Å². The number of carbonyl (C=O) groups excluding carboxylic acids is 1. The second-order valence-corrected chi connectivity index (χ2v) is 6.42. The molecule has 0 saturated carbocycles. The van der Waals surface area contributed by atoms with E-state index in [0.717, 1.165) is 17.0 Å². The molecule has 1 amide bonds. The third-order valence-electron chi connectivity index (χ3n) is 3.91. The summed E-state index contributed by atoms with van der Waals surface area (Å²) in [5.74, 6) is 1.82. The van der Waals surface area contributed by atoms with E-state index in [4.69, 9.17) is 15.2 Å². The van der Waals surface area contributed by atoms with E-state index < -0.39 is 0 Å². The second-order valence-electron chi connectivity index (χ2n) is 6.42. The molecule has 0 saturated heterocycles. The summed E-state index contributed by atoms with van der Waals surface area (Å²) in [5, 5.41) is 0. The van der Waals surface area contributed by atoms with Crippen LogP contribution in [0.1, 0.15) is 19.4 Å². The highest BCUT2D eigenvalue weighted by Gasteiger charge is 2.30. The molecule has 0 spiro atoms. The van der Waals surface area contributed by atoms with Crippen molar-refractivity contribution in [1.29, 1.82) is 0 Å². The summed E-state index contributed by atoms with van der Waals surface area (Å²) in [5.41, 5.74) is 8.09. The van der Waals surface area contributed by atoms with Crippen molar-refractivity contribution in [3.05, 3.63) is 53.8 Å². The molecular formula is C20H22N2O3. The Morgan fingerprint density at radius 3 is 2.56 bits per heavy atom. The summed E-state index contributed by atoms with van der Waals surface area (Å²) in [6.45, 7) is 4.76. The monoisotopic (exact) mass is 338 g/mol. The lowest BCUT2D eigenvalue weighted by Gasteiger charge is -2.31. The van der Waals surface area contributed by atoms with E-state index in [2.05, 4.69) is 13.8 Å². The van der Waals surface area contributed by atoms with E-state index in [9.17, 15) is 4.79 Å². The average Bonchev–Trinajstić information content (AvgIpc) is 2.59. The first kappa shape index (κ1) is 16.9. The number of benzene rings is 2. The largest absolute Gasteiger partial charge is 0.497 e. The van der Waals surface area contributed by atoms with Gasteiger partial charge < -0.3 is 20.1 Å². The summed E-state index contributed by atoms with van der Waals surface area (Å²) in [4.78, 5) is 14.7. The Morgan fingerprint density at radius 1 is 1.20 bits per heavy atom. The van der Waals surface area contributed by atoms with E-state index >= 15 is 0 Å². The number of nitrogen functional groups attached to an aromatic ring is 1. The van der Waals surface area contributed by atoms with Crippen LogP contribution >= 0.6 is 0 Å². The van der Waals surface area contributed by atoms with Gasteiger partial charge in [-0.05, 0) is 41.8 Å². The van der Waals surface area contributed by atoms with Gasteiger partial charge >= 0.3 is 0 Å². The summed E-state index contributed by atoms with van der Waals surface area (Å²) < 4.78 is 11.0. The normalized spacial score (nSPS) is 15.3. The smallest absolute Gasteiger partial charge is 0.294 e.